The molecule has 1 fully saturated rings. The molecule has 3 unspecified atom stereocenters. The fourth-order valence-electron chi connectivity index (χ4n) is 3.09. The highest BCUT2D eigenvalue weighted by atomic mass is 16.5. The third-order valence-corrected chi connectivity index (χ3v) is 4.35. The molecule has 20 heavy (non-hydrogen) atoms. The average Bonchev–Trinajstić information content (AvgIpc) is 2.45. The molecule has 1 aliphatic heterocycles. The summed E-state index contributed by atoms with van der Waals surface area (Å²) in [4.78, 5) is 14.4. The fourth-order valence-corrected chi connectivity index (χ4v) is 3.09. The number of hydrogen-bond donors (Lipinski definition) is 1. The van der Waals surface area contributed by atoms with Gasteiger partial charge in [-0.2, -0.15) is 0 Å². The van der Waals surface area contributed by atoms with Crippen LogP contribution in [0.25, 0.3) is 0 Å². The fraction of sp³-hybridized carbons (Fsp3) is 0.938. The van der Waals surface area contributed by atoms with Gasteiger partial charge in [0.25, 0.3) is 0 Å². The second kappa shape index (κ2) is 8.63. The van der Waals surface area contributed by atoms with Gasteiger partial charge in [-0.25, -0.2) is 0 Å². The number of nitrogens with one attached hydrogen (secondary N) is 1. The number of piperidine rings is 1. The Morgan fingerprint density at radius 1 is 1.40 bits per heavy atom. The number of carbonyl (C=O) groups excluding carboxylic acids is 1. The summed E-state index contributed by atoms with van der Waals surface area (Å²) in [6.07, 6.45) is 3.35. The van der Waals surface area contributed by atoms with E-state index in [0.717, 1.165) is 19.5 Å². The smallest absolute Gasteiger partial charge is 0.322 e. The van der Waals surface area contributed by atoms with Crippen molar-refractivity contribution >= 4 is 5.97 Å². The molecule has 0 aliphatic carbocycles. The van der Waals surface area contributed by atoms with Crippen molar-refractivity contribution in [3.05, 3.63) is 0 Å². The Kier molecular flexibility index (Phi) is 7.52. The van der Waals surface area contributed by atoms with Crippen LogP contribution >= 0.6 is 0 Å². The first-order valence-electron chi connectivity index (χ1n) is 8.04. The van der Waals surface area contributed by atoms with Gasteiger partial charge < -0.3 is 15.0 Å². The molecule has 4 nitrogen and oxygen atoms in total. The topological polar surface area (TPSA) is 41.6 Å². The molecule has 1 N–H and O–H groups in total. The van der Waals surface area contributed by atoms with E-state index in [0.29, 0.717) is 17.9 Å². The van der Waals surface area contributed by atoms with Crippen molar-refractivity contribution in [2.75, 3.05) is 26.7 Å². The van der Waals surface area contributed by atoms with E-state index in [1.54, 1.807) is 0 Å². The normalized spacial score (nSPS) is 23.6. The maximum atomic E-state index is 11.9. The quantitative estimate of drug-likeness (QED) is 0.728. The molecule has 118 valence electrons. The molecular formula is C16H32N2O2. The number of esters is 1. The maximum Gasteiger partial charge on any atom is 0.322 e. The van der Waals surface area contributed by atoms with Crippen LogP contribution in [0.15, 0.2) is 0 Å². The summed E-state index contributed by atoms with van der Waals surface area (Å²) in [5.74, 6) is 0.981. The monoisotopic (exact) mass is 284 g/mol. The molecule has 1 aliphatic rings. The molecule has 0 radical (unpaired) electrons. The van der Waals surface area contributed by atoms with Crippen LogP contribution in [0.1, 0.15) is 47.0 Å². The van der Waals surface area contributed by atoms with Gasteiger partial charge in [0.1, 0.15) is 6.04 Å². The predicted molar refractivity (Wildman–Crippen MR) is 82.7 cm³/mol. The van der Waals surface area contributed by atoms with Crippen molar-refractivity contribution in [2.45, 2.75) is 59.0 Å². The zero-order valence-corrected chi connectivity index (χ0v) is 13.8. The lowest BCUT2D eigenvalue weighted by Gasteiger charge is -2.36. The zero-order valence-electron chi connectivity index (χ0n) is 13.8. The molecule has 0 amide bonds. The van der Waals surface area contributed by atoms with E-state index < -0.39 is 0 Å². The van der Waals surface area contributed by atoms with Gasteiger partial charge in [-0.15, -0.1) is 0 Å². The van der Waals surface area contributed by atoms with E-state index >= 15 is 0 Å². The third kappa shape index (κ3) is 5.41. The number of methoxy groups -OCH3 is 1. The van der Waals surface area contributed by atoms with Gasteiger partial charge in [-0.1, -0.05) is 20.8 Å². The Labute approximate surface area is 124 Å². The Bertz CT molecular complexity index is 294. The van der Waals surface area contributed by atoms with E-state index in [2.05, 4.69) is 37.9 Å². The lowest BCUT2D eigenvalue weighted by atomic mass is 9.90. The Morgan fingerprint density at radius 3 is 2.65 bits per heavy atom. The molecule has 4 heteroatoms. The van der Waals surface area contributed by atoms with Crippen LogP contribution in [0.4, 0.5) is 0 Å². The van der Waals surface area contributed by atoms with E-state index in [1.807, 2.05) is 0 Å². The highest BCUT2D eigenvalue weighted by molar-refractivity contribution is 5.75. The lowest BCUT2D eigenvalue weighted by Crippen LogP contribution is -2.50. The minimum atomic E-state index is -0.174. The molecule has 0 aromatic rings. The largest absolute Gasteiger partial charge is 0.468 e. The molecule has 0 bridgehead atoms. The van der Waals surface area contributed by atoms with Gasteiger partial charge in [-0.3, -0.25) is 4.79 Å². The number of hydrogen-bond acceptors (Lipinski definition) is 4. The van der Waals surface area contributed by atoms with Gasteiger partial charge in [0.15, 0.2) is 0 Å². The van der Waals surface area contributed by atoms with Crippen molar-refractivity contribution in [3.8, 4) is 0 Å². The molecule has 0 aromatic carbocycles. The summed E-state index contributed by atoms with van der Waals surface area (Å²) in [5.41, 5.74) is 0. The van der Waals surface area contributed by atoms with E-state index in [1.165, 1.54) is 26.5 Å². The lowest BCUT2D eigenvalue weighted by molar-refractivity contribution is -0.144. The molecule has 1 rings (SSSR count). The van der Waals surface area contributed by atoms with Gasteiger partial charge in [-0.05, 0) is 51.1 Å². The minimum Gasteiger partial charge on any atom is -0.468 e. The number of ether oxygens (including phenoxy) is 1. The highest BCUT2D eigenvalue weighted by Gasteiger charge is 2.28. The average molecular weight is 284 g/mol. The number of likely N-dealkylation sites (tertiary alicyclic amines) is 1. The first-order valence-corrected chi connectivity index (χ1v) is 8.04. The van der Waals surface area contributed by atoms with Gasteiger partial charge in [0.2, 0.25) is 0 Å². The van der Waals surface area contributed by atoms with Crippen molar-refractivity contribution < 1.29 is 9.53 Å². The van der Waals surface area contributed by atoms with E-state index in [-0.39, 0.29) is 12.0 Å². The van der Waals surface area contributed by atoms with E-state index in [9.17, 15) is 4.79 Å². The standard InChI is InChI=1S/C16H32N2O2/c1-6-18-9-7-8-14(11-18)13(4)17-15(10-12(2)3)16(19)20-5/h12-15,17H,6-11H2,1-5H3. The van der Waals surface area contributed by atoms with Crippen LogP contribution in [0.5, 0.6) is 0 Å². The molecule has 0 spiro atoms. The van der Waals surface area contributed by atoms with Crippen molar-refractivity contribution in [1.29, 1.82) is 0 Å². The Hall–Kier alpha value is -0.610. The Morgan fingerprint density at radius 2 is 2.10 bits per heavy atom. The number of nitrogens with zero attached hydrogens (tertiary/aromatic N) is 1. The predicted octanol–water partition coefficient (Wildman–Crippen LogP) is 2.28. The Balaban J connectivity index is 2.55. The van der Waals surface area contributed by atoms with Gasteiger partial charge >= 0.3 is 5.97 Å². The van der Waals surface area contributed by atoms with Crippen LogP contribution in [0, 0.1) is 11.8 Å². The first kappa shape index (κ1) is 17.4. The second-order valence-electron chi connectivity index (χ2n) is 6.46. The van der Waals surface area contributed by atoms with Crippen LogP contribution < -0.4 is 5.32 Å². The molecule has 3 atom stereocenters. The molecule has 1 saturated heterocycles. The van der Waals surface area contributed by atoms with Crippen LogP contribution in [0.2, 0.25) is 0 Å². The summed E-state index contributed by atoms with van der Waals surface area (Å²) in [6, 6.07) is 0.180. The summed E-state index contributed by atoms with van der Waals surface area (Å²) in [7, 11) is 1.47. The maximum absolute atomic E-state index is 11.9. The third-order valence-electron chi connectivity index (χ3n) is 4.35. The minimum absolute atomic E-state index is 0.131. The molecule has 1 heterocycles. The molecule has 0 aromatic heterocycles. The van der Waals surface area contributed by atoms with Crippen molar-refractivity contribution in [1.82, 2.24) is 10.2 Å². The zero-order chi connectivity index (χ0) is 15.1. The number of rotatable bonds is 7. The number of carbonyl (C=O) groups is 1. The van der Waals surface area contributed by atoms with Crippen LogP contribution in [0.3, 0.4) is 0 Å². The van der Waals surface area contributed by atoms with Crippen LogP contribution in [-0.2, 0) is 9.53 Å². The first-order chi connectivity index (χ1) is 9.47. The summed E-state index contributed by atoms with van der Waals surface area (Å²) >= 11 is 0. The summed E-state index contributed by atoms with van der Waals surface area (Å²) in [6.45, 7) is 12.2. The summed E-state index contributed by atoms with van der Waals surface area (Å²) < 4.78 is 4.93. The highest BCUT2D eigenvalue weighted by Crippen LogP contribution is 2.20. The van der Waals surface area contributed by atoms with Gasteiger partial charge in [0.05, 0.1) is 7.11 Å². The molecule has 0 saturated carbocycles. The SMILES string of the molecule is CCN1CCCC(C(C)NC(CC(C)C)C(=O)OC)C1. The van der Waals surface area contributed by atoms with Crippen molar-refractivity contribution in [2.24, 2.45) is 11.8 Å². The van der Waals surface area contributed by atoms with E-state index in [4.69, 9.17) is 4.74 Å². The van der Waals surface area contributed by atoms with Crippen molar-refractivity contribution in [3.63, 3.8) is 0 Å². The molecular weight excluding hydrogens is 252 g/mol. The second-order valence-corrected chi connectivity index (χ2v) is 6.46. The van der Waals surface area contributed by atoms with Gasteiger partial charge in [0, 0.05) is 12.6 Å². The van der Waals surface area contributed by atoms with Crippen LogP contribution in [-0.4, -0.2) is 49.7 Å². The summed E-state index contributed by atoms with van der Waals surface area (Å²) in [5, 5.41) is 3.51.